The van der Waals surface area contributed by atoms with E-state index in [0.29, 0.717) is 0 Å². The van der Waals surface area contributed by atoms with Crippen LogP contribution in [0.5, 0.6) is 0 Å². The molecule has 0 fully saturated rings. The number of nitrogens with one attached hydrogen (secondary N) is 1. The SMILES string of the molecule is CNC(CSc1cccc(F)c1)Cc1c(Cl)c(C)nn1C. The predicted molar refractivity (Wildman–Crippen MR) is 86.6 cm³/mol. The molecule has 1 unspecified atom stereocenters. The summed E-state index contributed by atoms with van der Waals surface area (Å²) in [5.41, 5.74) is 1.87. The molecule has 1 aromatic heterocycles. The van der Waals surface area contributed by atoms with E-state index in [1.807, 2.05) is 31.8 Å². The predicted octanol–water partition coefficient (Wildman–Crippen LogP) is 3.44. The molecule has 2 rings (SSSR count). The second kappa shape index (κ2) is 7.29. The Kier molecular flexibility index (Phi) is 5.67. The summed E-state index contributed by atoms with van der Waals surface area (Å²) in [5.74, 6) is 0.631. The summed E-state index contributed by atoms with van der Waals surface area (Å²) >= 11 is 7.92. The lowest BCUT2D eigenvalue weighted by atomic mass is 10.2. The highest BCUT2D eigenvalue weighted by Crippen LogP contribution is 2.24. The molecule has 21 heavy (non-hydrogen) atoms. The van der Waals surface area contributed by atoms with Crippen LogP contribution in [0.1, 0.15) is 11.4 Å². The lowest BCUT2D eigenvalue weighted by Gasteiger charge is -2.16. The van der Waals surface area contributed by atoms with Gasteiger partial charge in [-0.15, -0.1) is 11.8 Å². The highest BCUT2D eigenvalue weighted by molar-refractivity contribution is 7.99. The van der Waals surface area contributed by atoms with Gasteiger partial charge in [-0.1, -0.05) is 17.7 Å². The van der Waals surface area contributed by atoms with Crippen molar-refractivity contribution in [3.63, 3.8) is 0 Å². The fraction of sp³-hybridized carbons (Fsp3) is 0.400. The first kappa shape index (κ1) is 16.3. The Morgan fingerprint density at radius 3 is 2.81 bits per heavy atom. The molecule has 1 aromatic carbocycles. The van der Waals surface area contributed by atoms with Gasteiger partial charge in [0.05, 0.1) is 16.4 Å². The number of nitrogens with zero attached hydrogens (tertiary/aromatic N) is 2. The van der Waals surface area contributed by atoms with Crippen molar-refractivity contribution in [1.29, 1.82) is 0 Å². The van der Waals surface area contributed by atoms with E-state index in [1.165, 1.54) is 6.07 Å². The zero-order valence-corrected chi connectivity index (χ0v) is 13.9. The molecule has 0 aliphatic rings. The topological polar surface area (TPSA) is 29.9 Å². The van der Waals surface area contributed by atoms with E-state index < -0.39 is 0 Å². The molecule has 0 aliphatic carbocycles. The van der Waals surface area contributed by atoms with Gasteiger partial charge in [0.25, 0.3) is 0 Å². The number of hydrogen-bond donors (Lipinski definition) is 1. The van der Waals surface area contributed by atoms with Crippen molar-refractivity contribution in [1.82, 2.24) is 15.1 Å². The molecule has 0 saturated heterocycles. The normalized spacial score (nSPS) is 12.6. The van der Waals surface area contributed by atoms with Crippen LogP contribution < -0.4 is 5.32 Å². The van der Waals surface area contributed by atoms with Gasteiger partial charge >= 0.3 is 0 Å². The van der Waals surface area contributed by atoms with Crippen LogP contribution in [0.3, 0.4) is 0 Å². The number of aromatic nitrogens is 2. The first-order valence-corrected chi connectivity index (χ1v) is 8.11. The average Bonchev–Trinajstić information content (AvgIpc) is 2.69. The number of rotatable bonds is 6. The van der Waals surface area contributed by atoms with Crippen molar-refractivity contribution in [3.8, 4) is 0 Å². The van der Waals surface area contributed by atoms with Crippen LogP contribution in [-0.4, -0.2) is 28.6 Å². The molecular formula is C15H19ClFN3S. The summed E-state index contributed by atoms with van der Waals surface area (Å²) in [6.45, 7) is 1.90. The lowest BCUT2D eigenvalue weighted by Crippen LogP contribution is -2.31. The highest BCUT2D eigenvalue weighted by Gasteiger charge is 2.16. The number of thioether (sulfide) groups is 1. The summed E-state index contributed by atoms with van der Waals surface area (Å²) in [7, 11) is 3.83. The fourth-order valence-corrected chi connectivity index (χ4v) is 3.42. The van der Waals surface area contributed by atoms with Gasteiger partial charge in [-0.2, -0.15) is 5.10 Å². The van der Waals surface area contributed by atoms with Crippen molar-refractivity contribution in [3.05, 3.63) is 46.5 Å². The molecule has 0 aliphatic heterocycles. The molecule has 0 radical (unpaired) electrons. The van der Waals surface area contributed by atoms with Crippen molar-refractivity contribution in [2.24, 2.45) is 7.05 Å². The highest BCUT2D eigenvalue weighted by atomic mass is 35.5. The molecule has 2 aromatic rings. The molecule has 0 amide bonds. The van der Waals surface area contributed by atoms with Gasteiger partial charge in [0.1, 0.15) is 5.82 Å². The van der Waals surface area contributed by atoms with Crippen LogP contribution in [0.2, 0.25) is 5.02 Å². The van der Waals surface area contributed by atoms with E-state index in [2.05, 4.69) is 10.4 Å². The van der Waals surface area contributed by atoms with Crippen LogP contribution in [0.15, 0.2) is 29.2 Å². The molecule has 0 spiro atoms. The zero-order valence-electron chi connectivity index (χ0n) is 12.4. The van der Waals surface area contributed by atoms with Gasteiger partial charge in [0.2, 0.25) is 0 Å². The minimum Gasteiger partial charge on any atom is -0.316 e. The van der Waals surface area contributed by atoms with E-state index in [4.69, 9.17) is 11.6 Å². The van der Waals surface area contributed by atoms with Gasteiger partial charge in [-0.25, -0.2) is 4.39 Å². The van der Waals surface area contributed by atoms with Crippen LogP contribution in [0, 0.1) is 12.7 Å². The summed E-state index contributed by atoms with van der Waals surface area (Å²) in [6.07, 6.45) is 0.787. The minimum atomic E-state index is -0.202. The minimum absolute atomic E-state index is 0.202. The number of likely N-dealkylation sites (N-methyl/N-ethyl adjacent to an activating group) is 1. The monoisotopic (exact) mass is 327 g/mol. The molecule has 1 N–H and O–H groups in total. The Balaban J connectivity index is 2.00. The Morgan fingerprint density at radius 2 is 2.24 bits per heavy atom. The quantitative estimate of drug-likeness (QED) is 0.824. The maximum atomic E-state index is 13.2. The fourth-order valence-electron chi connectivity index (χ4n) is 2.13. The first-order chi connectivity index (χ1) is 10.0. The number of aryl methyl sites for hydroxylation is 2. The first-order valence-electron chi connectivity index (χ1n) is 6.75. The van der Waals surface area contributed by atoms with Crippen LogP contribution >= 0.6 is 23.4 Å². The second-order valence-electron chi connectivity index (χ2n) is 4.93. The summed E-state index contributed by atoms with van der Waals surface area (Å²) < 4.78 is 15.0. The summed E-state index contributed by atoms with van der Waals surface area (Å²) in [4.78, 5) is 0.933. The average molecular weight is 328 g/mol. The van der Waals surface area contributed by atoms with Crippen LogP contribution in [-0.2, 0) is 13.5 Å². The zero-order chi connectivity index (χ0) is 15.4. The molecule has 6 heteroatoms. The lowest BCUT2D eigenvalue weighted by molar-refractivity contribution is 0.581. The van der Waals surface area contributed by atoms with E-state index >= 15 is 0 Å². The number of halogens is 2. The third-order valence-corrected chi connectivity index (χ3v) is 5.00. The van der Waals surface area contributed by atoms with Gasteiger partial charge in [0, 0.05) is 30.2 Å². The van der Waals surface area contributed by atoms with E-state index in [1.54, 1.807) is 23.9 Å². The smallest absolute Gasteiger partial charge is 0.124 e. The Labute approximate surface area is 133 Å². The molecule has 1 heterocycles. The molecule has 0 saturated carbocycles. The van der Waals surface area contributed by atoms with Crippen molar-refractivity contribution < 1.29 is 4.39 Å². The Bertz CT molecular complexity index is 615. The van der Waals surface area contributed by atoms with E-state index in [9.17, 15) is 4.39 Å². The third-order valence-electron chi connectivity index (χ3n) is 3.36. The Morgan fingerprint density at radius 1 is 1.48 bits per heavy atom. The summed E-state index contributed by atoms with van der Waals surface area (Å²) in [6, 6.07) is 6.90. The maximum Gasteiger partial charge on any atom is 0.124 e. The van der Waals surface area contributed by atoms with E-state index in [-0.39, 0.29) is 11.9 Å². The molecule has 3 nitrogen and oxygen atoms in total. The van der Waals surface area contributed by atoms with Crippen molar-refractivity contribution in [2.75, 3.05) is 12.8 Å². The number of benzene rings is 1. The van der Waals surface area contributed by atoms with Crippen LogP contribution in [0.4, 0.5) is 4.39 Å². The van der Waals surface area contributed by atoms with Crippen molar-refractivity contribution in [2.45, 2.75) is 24.3 Å². The van der Waals surface area contributed by atoms with Crippen LogP contribution in [0.25, 0.3) is 0 Å². The third kappa shape index (κ3) is 4.22. The van der Waals surface area contributed by atoms with Gasteiger partial charge in [0.15, 0.2) is 0 Å². The molecular weight excluding hydrogens is 309 g/mol. The largest absolute Gasteiger partial charge is 0.316 e. The summed E-state index contributed by atoms with van der Waals surface area (Å²) in [5, 5.41) is 8.34. The second-order valence-corrected chi connectivity index (χ2v) is 6.40. The van der Waals surface area contributed by atoms with Crippen molar-refractivity contribution >= 4 is 23.4 Å². The van der Waals surface area contributed by atoms with Gasteiger partial charge in [-0.3, -0.25) is 4.68 Å². The molecule has 114 valence electrons. The van der Waals surface area contributed by atoms with Gasteiger partial charge in [-0.05, 0) is 32.2 Å². The standard InChI is InChI=1S/C15H19ClFN3S/c1-10-15(16)14(20(3)19-10)8-12(18-2)9-21-13-6-4-5-11(17)7-13/h4-7,12,18H,8-9H2,1-3H3. The molecule has 0 bridgehead atoms. The Hall–Kier alpha value is -1.04. The molecule has 1 atom stereocenters. The maximum absolute atomic E-state index is 13.2. The van der Waals surface area contributed by atoms with Gasteiger partial charge < -0.3 is 5.32 Å². The number of hydrogen-bond acceptors (Lipinski definition) is 3. The van der Waals surface area contributed by atoms with E-state index in [0.717, 1.165) is 33.5 Å².